The highest BCUT2D eigenvalue weighted by molar-refractivity contribution is 8.01. The van der Waals surface area contributed by atoms with Crippen LogP contribution in [0, 0.1) is 0 Å². The van der Waals surface area contributed by atoms with E-state index in [1.165, 1.54) is 4.90 Å². The second-order valence-corrected chi connectivity index (χ2v) is 7.24. The quantitative estimate of drug-likeness (QED) is 0.634. The summed E-state index contributed by atoms with van der Waals surface area (Å²) in [5.41, 5.74) is 3.49. The van der Waals surface area contributed by atoms with Gasteiger partial charge in [0.15, 0.2) is 0 Å². The number of nitrogens with zero attached hydrogens (tertiary/aromatic N) is 2. The Hall–Kier alpha value is -0.400. The molecule has 0 spiro atoms. The SMILES string of the molecule is CCC1NN(SC(F)(Cl)Cl)C(=O)N1c1ccc(Cl)cc1. The number of carbonyl (C=O) groups is 1. The van der Waals surface area contributed by atoms with Gasteiger partial charge in [0.05, 0.1) is 0 Å². The summed E-state index contributed by atoms with van der Waals surface area (Å²) in [5.74, 6) is 0. The highest BCUT2D eigenvalue weighted by Gasteiger charge is 2.42. The van der Waals surface area contributed by atoms with Crippen LogP contribution in [0.1, 0.15) is 13.3 Å². The van der Waals surface area contributed by atoms with Crippen LogP contribution in [0.3, 0.4) is 0 Å². The van der Waals surface area contributed by atoms with E-state index in [2.05, 4.69) is 5.43 Å². The number of nitrogens with one attached hydrogen (secondary N) is 1. The van der Waals surface area contributed by atoms with Crippen molar-refractivity contribution < 1.29 is 9.18 Å². The molecule has 1 aromatic carbocycles. The molecule has 20 heavy (non-hydrogen) atoms. The van der Waals surface area contributed by atoms with Crippen LogP contribution in [-0.4, -0.2) is 20.5 Å². The molecule has 1 heterocycles. The van der Waals surface area contributed by atoms with Crippen molar-refractivity contribution in [3.8, 4) is 0 Å². The van der Waals surface area contributed by atoms with Crippen molar-refractivity contribution in [1.29, 1.82) is 0 Å². The minimum Gasteiger partial charge on any atom is -0.275 e. The number of rotatable bonds is 4. The molecule has 1 saturated heterocycles. The van der Waals surface area contributed by atoms with Crippen LogP contribution in [0.5, 0.6) is 0 Å². The molecular formula is C11H11Cl3FN3OS. The zero-order valence-corrected chi connectivity index (χ0v) is 13.4. The third-order valence-corrected chi connectivity index (χ3v) is 3.96. The lowest BCUT2D eigenvalue weighted by atomic mass is 10.2. The van der Waals surface area contributed by atoms with Gasteiger partial charge in [-0.15, -0.1) is 0 Å². The maximum Gasteiger partial charge on any atom is 0.350 e. The summed E-state index contributed by atoms with van der Waals surface area (Å²) < 4.78 is 11.7. The monoisotopic (exact) mass is 357 g/mol. The van der Waals surface area contributed by atoms with Crippen LogP contribution in [0.4, 0.5) is 14.9 Å². The fourth-order valence-corrected chi connectivity index (χ4v) is 2.90. The van der Waals surface area contributed by atoms with Gasteiger partial charge in [0, 0.05) is 22.7 Å². The summed E-state index contributed by atoms with van der Waals surface area (Å²) in [4.78, 5) is 13.8. The molecule has 0 radical (unpaired) electrons. The normalized spacial score (nSPS) is 19.9. The van der Waals surface area contributed by atoms with Gasteiger partial charge in [0.25, 0.3) is 0 Å². The molecule has 1 fully saturated rings. The number of hydrogen-bond donors (Lipinski definition) is 1. The molecule has 2 amide bonds. The van der Waals surface area contributed by atoms with Crippen LogP contribution in [0.15, 0.2) is 24.3 Å². The van der Waals surface area contributed by atoms with Gasteiger partial charge in [-0.25, -0.2) is 4.79 Å². The predicted molar refractivity (Wildman–Crippen MR) is 81.5 cm³/mol. The van der Waals surface area contributed by atoms with Crippen molar-refractivity contribution in [2.24, 2.45) is 0 Å². The maximum atomic E-state index is 13.3. The van der Waals surface area contributed by atoms with Crippen molar-refractivity contribution >= 4 is 58.5 Å². The average molecular weight is 359 g/mol. The van der Waals surface area contributed by atoms with E-state index < -0.39 is 9.95 Å². The molecule has 0 aliphatic carbocycles. The smallest absolute Gasteiger partial charge is 0.275 e. The van der Waals surface area contributed by atoms with E-state index >= 15 is 0 Å². The standard InChI is InChI=1S/C11H11Cl3FN3OS/c1-2-9-16-18(20-11(13,14)15)10(19)17(9)8-5-3-7(12)4-6-8/h3-6,9,16H,2H2,1H3. The van der Waals surface area contributed by atoms with Gasteiger partial charge in [-0.1, -0.05) is 41.7 Å². The number of hydrazine groups is 1. The number of carbonyl (C=O) groups excluding carboxylic acids is 1. The first-order chi connectivity index (χ1) is 9.31. The second-order valence-electron chi connectivity index (χ2n) is 4.01. The molecule has 0 aromatic heterocycles. The van der Waals surface area contributed by atoms with Gasteiger partial charge >= 0.3 is 9.95 Å². The van der Waals surface area contributed by atoms with E-state index in [0.29, 0.717) is 29.1 Å². The van der Waals surface area contributed by atoms with Gasteiger partial charge in [-0.3, -0.25) is 4.90 Å². The molecule has 1 atom stereocenters. The zero-order valence-electron chi connectivity index (χ0n) is 10.3. The highest BCUT2D eigenvalue weighted by Crippen LogP contribution is 2.40. The van der Waals surface area contributed by atoms with E-state index in [1.54, 1.807) is 24.3 Å². The fraction of sp³-hybridized carbons (Fsp3) is 0.364. The molecule has 0 saturated carbocycles. The minimum absolute atomic E-state index is 0.313. The molecule has 9 heteroatoms. The molecular weight excluding hydrogens is 348 g/mol. The molecule has 1 unspecified atom stereocenters. The van der Waals surface area contributed by atoms with Crippen molar-refractivity contribution in [1.82, 2.24) is 9.84 Å². The lowest BCUT2D eigenvalue weighted by Crippen LogP contribution is -2.36. The maximum absolute atomic E-state index is 13.3. The van der Waals surface area contributed by atoms with Gasteiger partial charge in [-0.05, 0) is 30.7 Å². The summed E-state index contributed by atoms with van der Waals surface area (Å²) in [7, 11) is 0. The average Bonchev–Trinajstić information content (AvgIpc) is 2.65. The molecule has 110 valence electrons. The first-order valence-electron chi connectivity index (χ1n) is 5.72. The molecule has 2 rings (SSSR count). The van der Waals surface area contributed by atoms with Crippen molar-refractivity contribution in [3.63, 3.8) is 0 Å². The van der Waals surface area contributed by atoms with E-state index in [9.17, 15) is 9.18 Å². The Morgan fingerprint density at radius 1 is 1.40 bits per heavy atom. The zero-order chi connectivity index (χ0) is 14.9. The predicted octanol–water partition coefficient (Wildman–Crippen LogP) is 4.53. The van der Waals surface area contributed by atoms with Crippen LogP contribution in [0.2, 0.25) is 5.02 Å². The number of hydrogen-bond acceptors (Lipinski definition) is 3. The van der Waals surface area contributed by atoms with Crippen molar-refractivity contribution in [2.75, 3.05) is 4.90 Å². The second kappa shape index (κ2) is 6.15. The number of urea groups is 1. The Kier molecular flexibility index (Phi) is 4.92. The Labute approximate surface area is 135 Å². The largest absolute Gasteiger partial charge is 0.350 e. The van der Waals surface area contributed by atoms with Gasteiger partial charge in [-0.2, -0.15) is 14.2 Å². The summed E-state index contributed by atoms with van der Waals surface area (Å²) >= 11 is 16.7. The van der Waals surface area contributed by atoms with Crippen LogP contribution >= 0.6 is 46.8 Å². The Balaban J connectivity index is 2.23. The molecule has 1 aliphatic rings. The number of alkyl halides is 3. The molecule has 4 nitrogen and oxygen atoms in total. The molecule has 0 bridgehead atoms. The van der Waals surface area contributed by atoms with E-state index in [-0.39, 0.29) is 6.17 Å². The summed E-state index contributed by atoms with van der Waals surface area (Å²) in [5, 5.41) is 0.567. The van der Waals surface area contributed by atoms with Crippen LogP contribution < -0.4 is 10.3 Å². The lowest BCUT2D eigenvalue weighted by Gasteiger charge is -2.21. The van der Waals surface area contributed by atoms with E-state index in [0.717, 1.165) is 4.41 Å². The first-order valence-corrected chi connectivity index (χ1v) is 7.63. The van der Waals surface area contributed by atoms with Gasteiger partial charge < -0.3 is 0 Å². The minimum atomic E-state index is -2.59. The van der Waals surface area contributed by atoms with E-state index in [1.807, 2.05) is 6.92 Å². The Morgan fingerprint density at radius 3 is 2.50 bits per heavy atom. The van der Waals surface area contributed by atoms with Gasteiger partial charge in [0.1, 0.15) is 6.17 Å². The summed E-state index contributed by atoms with van der Waals surface area (Å²) in [6, 6.07) is 6.32. The molecule has 1 aliphatic heterocycles. The lowest BCUT2D eigenvalue weighted by molar-refractivity contribution is 0.235. The summed E-state index contributed by atoms with van der Waals surface area (Å²) in [6.45, 7) is 1.89. The number of halogens is 4. The number of anilines is 1. The number of benzene rings is 1. The van der Waals surface area contributed by atoms with Gasteiger partial charge in [0.2, 0.25) is 0 Å². The molecule has 1 N–H and O–H groups in total. The highest BCUT2D eigenvalue weighted by atomic mass is 35.5. The Morgan fingerprint density at radius 2 is 2.00 bits per heavy atom. The van der Waals surface area contributed by atoms with Crippen molar-refractivity contribution in [3.05, 3.63) is 29.3 Å². The third kappa shape index (κ3) is 3.62. The fourth-order valence-electron chi connectivity index (χ4n) is 1.81. The third-order valence-electron chi connectivity index (χ3n) is 2.64. The first kappa shape index (κ1) is 16.0. The van der Waals surface area contributed by atoms with E-state index in [4.69, 9.17) is 34.8 Å². The summed E-state index contributed by atoms with van der Waals surface area (Å²) in [6.07, 6.45) is 0.307. The molecule has 1 aromatic rings. The van der Waals surface area contributed by atoms with Crippen LogP contribution in [-0.2, 0) is 0 Å². The number of amides is 2. The Bertz CT molecular complexity index is 497. The topological polar surface area (TPSA) is 35.6 Å². The van der Waals surface area contributed by atoms with Crippen LogP contribution in [0.25, 0.3) is 0 Å². The van der Waals surface area contributed by atoms with Crippen molar-refractivity contribution in [2.45, 2.75) is 23.4 Å².